The van der Waals surface area contributed by atoms with Crippen LogP contribution in [0.3, 0.4) is 0 Å². The molecule has 0 aromatic heterocycles. The van der Waals surface area contributed by atoms with Crippen molar-refractivity contribution in [3.05, 3.63) is 52.6 Å². The molecule has 1 aliphatic carbocycles. The molecule has 2 aromatic carbocycles. The Morgan fingerprint density at radius 2 is 1.69 bits per heavy atom. The Hall–Kier alpha value is -2.42. The van der Waals surface area contributed by atoms with Crippen LogP contribution in [-0.4, -0.2) is 25.9 Å². The van der Waals surface area contributed by atoms with E-state index in [-0.39, 0.29) is 39.7 Å². The molecule has 9 heteroatoms. The molecule has 26 heavy (non-hydrogen) atoms. The molecule has 0 spiro atoms. The van der Waals surface area contributed by atoms with Crippen molar-refractivity contribution < 1.29 is 35.5 Å². The lowest BCUT2D eigenvalue weighted by Crippen LogP contribution is -2.24. The lowest BCUT2D eigenvalue weighted by Gasteiger charge is -2.13. The predicted octanol–water partition coefficient (Wildman–Crippen LogP) is 3.46. The molecule has 0 fully saturated rings. The SMILES string of the molecule is O=C1c2c(c(Oc3cc(F)cc(F)c3)cc3c2S(=O)(=O)CC3)CC1(F)F. The van der Waals surface area contributed by atoms with E-state index in [9.17, 15) is 30.8 Å². The number of aryl methyl sites for hydroxylation is 1. The summed E-state index contributed by atoms with van der Waals surface area (Å²) < 4.78 is 84.4. The number of ketones is 1. The second kappa shape index (κ2) is 5.29. The van der Waals surface area contributed by atoms with Crippen molar-refractivity contribution in [2.75, 3.05) is 5.75 Å². The minimum Gasteiger partial charge on any atom is -0.457 e. The van der Waals surface area contributed by atoms with Crippen molar-refractivity contribution in [2.45, 2.75) is 23.7 Å². The Bertz CT molecular complexity index is 1060. The van der Waals surface area contributed by atoms with E-state index in [4.69, 9.17) is 4.74 Å². The van der Waals surface area contributed by atoms with Gasteiger partial charge in [0, 0.05) is 30.2 Å². The maximum atomic E-state index is 14.0. The first kappa shape index (κ1) is 17.0. The van der Waals surface area contributed by atoms with Gasteiger partial charge in [0.25, 0.3) is 0 Å². The fourth-order valence-corrected chi connectivity index (χ4v) is 5.11. The number of carbonyl (C=O) groups excluding carboxylic acids is 1. The molecule has 1 aliphatic heterocycles. The normalized spacial score (nSPS) is 19.3. The molecule has 4 nitrogen and oxygen atoms in total. The zero-order chi connectivity index (χ0) is 18.9. The first-order valence-corrected chi connectivity index (χ1v) is 9.22. The quantitative estimate of drug-likeness (QED) is 0.742. The smallest absolute Gasteiger partial charge is 0.313 e. The van der Waals surface area contributed by atoms with Crippen molar-refractivity contribution in [3.63, 3.8) is 0 Å². The molecular formula is C17H10F4O4S. The molecule has 0 amide bonds. The Labute approximate surface area is 145 Å². The van der Waals surface area contributed by atoms with Gasteiger partial charge in [0.05, 0.1) is 16.2 Å². The van der Waals surface area contributed by atoms with Gasteiger partial charge in [0.15, 0.2) is 9.84 Å². The Kier molecular flexibility index (Phi) is 3.46. The number of ether oxygens (including phenoxy) is 1. The van der Waals surface area contributed by atoms with E-state index in [0.29, 0.717) is 6.07 Å². The van der Waals surface area contributed by atoms with Gasteiger partial charge in [-0.25, -0.2) is 17.2 Å². The van der Waals surface area contributed by atoms with Crippen LogP contribution in [0.1, 0.15) is 21.5 Å². The number of benzene rings is 2. The number of carbonyl (C=O) groups is 1. The van der Waals surface area contributed by atoms with Gasteiger partial charge in [-0.3, -0.25) is 4.79 Å². The molecule has 0 unspecified atom stereocenters. The minimum atomic E-state index is -3.85. The van der Waals surface area contributed by atoms with Crippen LogP contribution < -0.4 is 4.74 Å². The zero-order valence-corrected chi connectivity index (χ0v) is 13.8. The lowest BCUT2D eigenvalue weighted by molar-refractivity contribution is 0.0165. The molecule has 0 saturated heterocycles. The lowest BCUT2D eigenvalue weighted by atomic mass is 10.0. The van der Waals surface area contributed by atoms with Gasteiger partial charge in [0.1, 0.15) is 23.1 Å². The highest BCUT2D eigenvalue weighted by Gasteiger charge is 2.52. The van der Waals surface area contributed by atoms with Crippen molar-refractivity contribution in [2.24, 2.45) is 0 Å². The summed E-state index contributed by atoms with van der Waals surface area (Å²) in [4.78, 5) is 11.7. The van der Waals surface area contributed by atoms with Gasteiger partial charge >= 0.3 is 5.92 Å². The van der Waals surface area contributed by atoms with Gasteiger partial charge in [-0.15, -0.1) is 0 Å². The van der Waals surface area contributed by atoms with Crippen LogP contribution in [0, 0.1) is 11.6 Å². The number of sulfone groups is 1. The second-order valence-corrected chi connectivity index (χ2v) is 8.25. The zero-order valence-electron chi connectivity index (χ0n) is 13.0. The number of Topliss-reactive ketones (excluding diaryl/α,β-unsaturated/α-hetero) is 1. The molecule has 0 bridgehead atoms. The van der Waals surface area contributed by atoms with Crippen LogP contribution in [-0.2, 0) is 22.7 Å². The van der Waals surface area contributed by atoms with Crippen molar-refractivity contribution in [1.29, 1.82) is 0 Å². The molecule has 0 saturated carbocycles. The van der Waals surface area contributed by atoms with Crippen molar-refractivity contribution in [1.82, 2.24) is 0 Å². The molecule has 1 heterocycles. The van der Waals surface area contributed by atoms with E-state index in [1.54, 1.807) is 0 Å². The van der Waals surface area contributed by atoms with Gasteiger partial charge in [0.2, 0.25) is 5.78 Å². The summed E-state index contributed by atoms with van der Waals surface area (Å²) >= 11 is 0. The number of alkyl halides is 2. The Morgan fingerprint density at radius 3 is 2.35 bits per heavy atom. The summed E-state index contributed by atoms with van der Waals surface area (Å²) in [6.07, 6.45) is -0.991. The first-order chi connectivity index (χ1) is 12.1. The topological polar surface area (TPSA) is 60.4 Å². The van der Waals surface area contributed by atoms with Gasteiger partial charge in [-0.1, -0.05) is 0 Å². The van der Waals surface area contributed by atoms with E-state index in [1.165, 1.54) is 6.07 Å². The summed E-state index contributed by atoms with van der Waals surface area (Å²) in [5, 5.41) is 0. The summed E-state index contributed by atoms with van der Waals surface area (Å²) in [5.41, 5.74) is -0.660. The Morgan fingerprint density at radius 1 is 1.04 bits per heavy atom. The van der Waals surface area contributed by atoms with Crippen LogP contribution in [0.15, 0.2) is 29.2 Å². The number of rotatable bonds is 2. The maximum Gasteiger partial charge on any atom is 0.313 e. The number of halogens is 4. The molecular weight excluding hydrogens is 376 g/mol. The number of hydrogen-bond donors (Lipinski definition) is 0. The van der Waals surface area contributed by atoms with Crippen LogP contribution >= 0.6 is 0 Å². The summed E-state index contributed by atoms with van der Waals surface area (Å²) in [7, 11) is -3.85. The van der Waals surface area contributed by atoms with E-state index in [2.05, 4.69) is 0 Å². The van der Waals surface area contributed by atoms with Crippen molar-refractivity contribution in [3.8, 4) is 11.5 Å². The minimum absolute atomic E-state index is 0.0394. The van der Waals surface area contributed by atoms with E-state index >= 15 is 0 Å². The van der Waals surface area contributed by atoms with Gasteiger partial charge in [-0.05, 0) is 18.1 Å². The summed E-state index contributed by atoms with van der Waals surface area (Å²) in [5.74, 6) is -7.99. The molecule has 136 valence electrons. The van der Waals surface area contributed by atoms with Crippen LogP contribution in [0.5, 0.6) is 11.5 Å². The third-order valence-corrected chi connectivity index (χ3v) is 6.23. The monoisotopic (exact) mass is 386 g/mol. The number of fused-ring (bicyclic) bond motifs is 3. The third-order valence-electron chi connectivity index (χ3n) is 4.40. The highest BCUT2D eigenvalue weighted by Crippen LogP contribution is 2.46. The largest absolute Gasteiger partial charge is 0.457 e. The highest BCUT2D eigenvalue weighted by atomic mass is 32.2. The highest BCUT2D eigenvalue weighted by molar-refractivity contribution is 7.91. The number of hydrogen-bond acceptors (Lipinski definition) is 4. The van der Waals surface area contributed by atoms with Crippen LogP contribution in [0.2, 0.25) is 0 Å². The van der Waals surface area contributed by atoms with E-state index in [1.807, 2.05) is 0 Å². The fourth-order valence-electron chi connectivity index (χ4n) is 3.33. The molecule has 2 aromatic rings. The van der Waals surface area contributed by atoms with Crippen LogP contribution in [0.4, 0.5) is 17.6 Å². The van der Waals surface area contributed by atoms with E-state index < -0.39 is 45.2 Å². The summed E-state index contributed by atoms with van der Waals surface area (Å²) in [6.45, 7) is 0. The standard InChI is InChI=1S/C17H10F4O4S/c18-9-4-10(19)6-11(5-9)25-13-3-8-1-2-26(23,24)15(8)14-12(13)7-17(20,21)16(14)22/h3-6H,1-2,7H2. The molecule has 0 atom stereocenters. The average molecular weight is 386 g/mol. The van der Waals surface area contributed by atoms with E-state index in [0.717, 1.165) is 12.1 Å². The summed E-state index contributed by atoms with van der Waals surface area (Å²) in [6, 6.07) is 3.57. The van der Waals surface area contributed by atoms with Gasteiger partial charge in [-0.2, -0.15) is 8.78 Å². The van der Waals surface area contributed by atoms with Crippen molar-refractivity contribution >= 4 is 15.6 Å². The fraction of sp³-hybridized carbons (Fsp3) is 0.235. The first-order valence-electron chi connectivity index (χ1n) is 7.56. The molecule has 0 radical (unpaired) electrons. The van der Waals surface area contributed by atoms with Crippen LogP contribution in [0.25, 0.3) is 0 Å². The Balaban J connectivity index is 1.92. The van der Waals surface area contributed by atoms with Gasteiger partial charge < -0.3 is 4.74 Å². The molecule has 4 rings (SSSR count). The second-order valence-electron chi connectivity index (χ2n) is 6.20. The molecule has 0 N–H and O–H groups in total. The molecule has 2 aliphatic rings. The predicted molar refractivity (Wildman–Crippen MR) is 81.6 cm³/mol. The average Bonchev–Trinajstić information content (AvgIpc) is 2.93. The third kappa shape index (κ3) is 2.49. The maximum absolute atomic E-state index is 14.0.